The van der Waals surface area contributed by atoms with Crippen molar-refractivity contribution in [3.05, 3.63) is 41.1 Å². The maximum atomic E-state index is 4.91. The van der Waals surface area contributed by atoms with Crippen molar-refractivity contribution in [2.45, 2.75) is 78.6 Å². The minimum absolute atomic E-state index is 0.182. The molecule has 1 aromatic heterocycles. The van der Waals surface area contributed by atoms with E-state index in [1.54, 1.807) is 0 Å². The molecule has 1 heterocycles. The van der Waals surface area contributed by atoms with E-state index in [1.165, 1.54) is 47.7 Å². The average molecular weight is 309 g/mol. The van der Waals surface area contributed by atoms with Gasteiger partial charge in [-0.05, 0) is 72.6 Å². The number of benzene rings is 1. The summed E-state index contributed by atoms with van der Waals surface area (Å²) in [6.07, 6.45) is 5.24. The Morgan fingerprint density at radius 1 is 1.04 bits per heavy atom. The number of pyridine rings is 1. The largest absolute Gasteiger partial charge is 0.253 e. The van der Waals surface area contributed by atoms with Gasteiger partial charge in [-0.2, -0.15) is 0 Å². The monoisotopic (exact) mass is 309 g/mol. The molecule has 1 heteroatoms. The van der Waals surface area contributed by atoms with Gasteiger partial charge < -0.3 is 0 Å². The van der Waals surface area contributed by atoms with Crippen LogP contribution < -0.4 is 0 Å². The predicted octanol–water partition coefficient (Wildman–Crippen LogP) is 6.52. The highest BCUT2D eigenvalue weighted by Gasteiger charge is 2.29. The minimum atomic E-state index is 0.182. The molecule has 0 spiro atoms. The van der Waals surface area contributed by atoms with Crippen LogP contribution in [0.15, 0.2) is 24.3 Å². The van der Waals surface area contributed by atoms with Crippen molar-refractivity contribution < 1.29 is 0 Å². The molecule has 1 fully saturated rings. The van der Waals surface area contributed by atoms with Crippen molar-refractivity contribution >= 4 is 10.9 Å². The van der Waals surface area contributed by atoms with E-state index in [4.69, 9.17) is 4.98 Å². The number of aromatic nitrogens is 1. The van der Waals surface area contributed by atoms with Crippen LogP contribution in [0.5, 0.6) is 0 Å². The molecular weight excluding hydrogens is 278 g/mol. The van der Waals surface area contributed by atoms with E-state index in [9.17, 15) is 0 Å². The number of nitrogens with zero attached hydrogens (tertiary/aromatic N) is 1. The molecule has 0 unspecified atom stereocenters. The Kier molecular flexibility index (Phi) is 4.02. The summed E-state index contributed by atoms with van der Waals surface area (Å²) in [5.41, 5.74) is 5.99. The Bertz CT molecular complexity index is 709. The Hall–Kier alpha value is -1.37. The molecule has 0 radical (unpaired) electrons. The summed E-state index contributed by atoms with van der Waals surface area (Å²) in [6.45, 7) is 13.9. The maximum Gasteiger partial charge on any atom is 0.0740 e. The highest BCUT2D eigenvalue weighted by Crippen LogP contribution is 2.44. The van der Waals surface area contributed by atoms with Crippen LogP contribution in [0.3, 0.4) is 0 Å². The molecule has 23 heavy (non-hydrogen) atoms. The second kappa shape index (κ2) is 5.61. The zero-order valence-corrected chi connectivity index (χ0v) is 15.7. The van der Waals surface area contributed by atoms with Gasteiger partial charge in [0.15, 0.2) is 0 Å². The topological polar surface area (TPSA) is 12.9 Å². The molecule has 2 aromatic rings. The molecule has 1 nitrogen and oxygen atoms in total. The first kappa shape index (κ1) is 16.5. The molecular formula is C22H31N. The third-order valence-corrected chi connectivity index (χ3v) is 5.61. The van der Waals surface area contributed by atoms with E-state index in [0.29, 0.717) is 11.3 Å². The Labute approximate surface area is 141 Å². The van der Waals surface area contributed by atoms with E-state index >= 15 is 0 Å². The van der Waals surface area contributed by atoms with Gasteiger partial charge in [-0.1, -0.05) is 46.8 Å². The van der Waals surface area contributed by atoms with Crippen molar-refractivity contribution in [1.82, 2.24) is 4.98 Å². The van der Waals surface area contributed by atoms with Crippen LogP contribution >= 0.6 is 0 Å². The number of aryl methyl sites for hydroxylation is 1. The van der Waals surface area contributed by atoms with Gasteiger partial charge in [0.1, 0.15) is 0 Å². The van der Waals surface area contributed by atoms with E-state index in [-0.39, 0.29) is 5.41 Å². The molecule has 1 aliphatic rings. The van der Waals surface area contributed by atoms with Gasteiger partial charge >= 0.3 is 0 Å². The lowest BCUT2D eigenvalue weighted by molar-refractivity contribution is 0.225. The molecule has 0 amide bonds. The molecule has 1 aliphatic carbocycles. The zero-order valence-electron chi connectivity index (χ0n) is 15.7. The smallest absolute Gasteiger partial charge is 0.0740 e. The third kappa shape index (κ3) is 3.44. The minimum Gasteiger partial charge on any atom is -0.253 e. The first-order valence-corrected chi connectivity index (χ1v) is 9.07. The number of hydrogen-bond acceptors (Lipinski definition) is 1. The van der Waals surface area contributed by atoms with Crippen LogP contribution in [-0.2, 0) is 5.41 Å². The van der Waals surface area contributed by atoms with E-state index < -0.39 is 0 Å². The second-order valence-electron chi connectivity index (χ2n) is 9.28. The second-order valence-corrected chi connectivity index (χ2v) is 9.28. The SMILES string of the molecule is Cc1ccc2cc(C(C)(C)C)cc(C3CCC(C)(C)CC3)c2n1. The van der Waals surface area contributed by atoms with Gasteiger partial charge in [0.2, 0.25) is 0 Å². The molecule has 0 bridgehead atoms. The first-order chi connectivity index (χ1) is 10.7. The van der Waals surface area contributed by atoms with E-state index in [0.717, 1.165) is 5.69 Å². The van der Waals surface area contributed by atoms with Crippen molar-refractivity contribution in [2.24, 2.45) is 5.41 Å². The van der Waals surface area contributed by atoms with Crippen LogP contribution in [0, 0.1) is 12.3 Å². The highest BCUT2D eigenvalue weighted by atomic mass is 14.7. The van der Waals surface area contributed by atoms with Crippen molar-refractivity contribution in [2.75, 3.05) is 0 Å². The van der Waals surface area contributed by atoms with Crippen molar-refractivity contribution in [1.29, 1.82) is 0 Å². The molecule has 0 atom stereocenters. The lowest BCUT2D eigenvalue weighted by atomic mass is 9.70. The van der Waals surface area contributed by atoms with Gasteiger partial charge in [0, 0.05) is 11.1 Å². The summed E-state index contributed by atoms with van der Waals surface area (Å²) in [4.78, 5) is 4.91. The summed E-state index contributed by atoms with van der Waals surface area (Å²) >= 11 is 0. The fourth-order valence-electron chi connectivity index (χ4n) is 3.81. The zero-order chi connectivity index (χ0) is 16.8. The van der Waals surface area contributed by atoms with E-state index in [2.05, 4.69) is 65.8 Å². The quantitative estimate of drug-likeness (QED) is 0.584. The van der Waals surface area contributed by atoms with Gasteiger partial charge in [0.05, 0.1) is 5.52 Å². The van der Waals surface area contributed by atoms with Crippen LogP contribution in [0.25, 0.3) is 10.9 Å². The molecule has 0 N–H and O–H groups in total. The van der Waals surface area contributed by atoms with Crippen molar-refractivity contribution in [3.8, 4) is 0 Å². The first-order valence-electron chi connectivity index (χ1n) is 9.07. The van der Waals surface area contributed by atoms with Crippen molar-refractivity contribution in [3.63, 3.8) is 0 Å². The fourth-order valence-corrected chi connectivity index (χ4v) is 3.81. The van der Waals surface area contributed by atoms with Crippen LogP contribution in [-0.4, -0.2) is 4.98 Å². The standard InChI is InChI=1S/C22H31N/c1-15-7-8-17-13-18(21(2,3)4)14-19(20(17)23-15)16-9-11-22(5,6)12-10-16/h7-8,13-14,16H,9-12H2,1-6H3. The maximum absolute atomic E-state index is 4.91. The third-order valence-electron chi connectivity index (χ3n) is 5.61. The Balaban J connectivity index is 2.11. The molecule has 124 valence electrons. The lowest BCUT2D eigenvalue weighted by Gasteiger charge is -2.35. The predicted molar refractivity (Wildman–Crippen MR) is 100 cm³/mol. The average Bonchev–Trinajstić information content (AvgIpc) is 2.45. The Morgan fingerprint density at radius 2 is 1.70 bits per heavy atom. The van der Waals surface area contributed by atoms with Gasteiger partial charge in [0.25, 0.3) is 0 Å². The summed E-state index contributed by atoms with van der Waals surface area (Å²) in [6, 6.07) is 9.20. The van der Waals surface area contributed by atoms with Gasteiger partial charge in [-0.3, -0.25) is 4.98 Å². The molecule has 1 aromatic carbocycles. The number of rotatable bonds is 1. The summed E-state index contributed by atoms with van der Waals surface area (Å²) in [5.74, 6) is 0.669. The number of hydrogen-bond donors (Lipinski definition) is 0. The molecule has 0 saturated heterocycles. The summed E-state index contributed by atoms with van der Waals surface area (Å²) in [5, 5.41) is 1.31. The van der Waals surface area contributed by atoms with Crippen LogP contribution in [0.2, 0.25) is 0 Å². The molecule has 0 aliphatic heterocycles. The van der Waals surface area contributed by atoms with Crippen LogP contribution in [0.4, 0.5) is 0 Å². The normalized spacial score (nSPS) is 19.2. The lowest BCUT2D eigenvalue weighted by Crippen LogP contribution is -2.21. The fraction of sp³-hybridized carbons (Fsp3) is 0.591. The van der Waals surface area contributed by atoms with E-state index in [1.807, 2.05) is 0 Å². The highest BCUT2D eigenvalue weighted by molar-refractivity contribution is 5.83. The number of fused-ring (bicyclic) bond motifs is 1. The van der Waals surface area contributed by atoms with Gasteiger partial charge in [-0.25, -0.2) is 0 Å². The molecule has 3 rings (SSSR count). The summed E-state index contributed by atoms with van der Waals surface area (Å²) in [7, 11) is 0. The van der Waals surface area contributed by atoms with Crippen LogP contribution in [0.1, 0.15) is 83.0 Å². The summed E-state index contributed by atoms with van der Waals surface area (Å²) < 4.78 is 0. The Morgan fingerprint density at radius 3 is 2.30 bits per heavy atom. The molecule has 1 saturated carbocycles. The van der Waals surface area contributed by atoms with Gasteiger partial charge in [-0.15, -0.1) is 0 Å².